The van der Waals surface area contributed by atoms with Gasteiger partial charge in [-0.05, 0) is 12.8 Å². The molecule has 4 heteroatoms. The first-order chi connectivity index (χ1) is 7.27. The van der Waals surface area contributed by atoms with Crippen LogP contribution in [-0.2, 0) is 4.79 Å². The number of rotatable bonds is 5. The zero-order valence-electron chi connectivity index (χ0n) is 9.28. The maximum Gasteiger partial charge on any atom is 0.139 e. The Bertz CT molecular complexity index is 244. The summed E-state index contributed by atoms with van der Waals surface area (Å²) in [6.45, 7) is 0.367. The van der Waals surface area contributed by atoms with Crippen LogP contribution in [0.4, 0.5) is 0 Å². The van der Waals surface area contributed by atoms with E-state index in [9.17, 15) is 4.79 Å². The summed E-state index contributed by atoms with van der Waals surface area (Å²) in [5.41, 5.74) is 7.98. The molecule has 1 aliphatic carbocycles. The molecule has 4 nitrogen and oxygen atoms in total. The Labute approximate surface area is 90.9 Å². The standard InChI is InChI=1S/C11H19N3O/c1-14(7-8-15)9-11(13-12)10-5-3-2-4-6-10/h8-10,12H,2-7H2,1H3/b11-9-,13-12?. The van der Waals surface area contributed by atoms with Crippen LogP contribution in [0.3, 0.4) is 0 Å². The van der Waals surface area contributed by atoms with Gasteiger partial charge in [-0.2, -0.15) is 5.11 Å². The number of allylic oxidation sites excluding steroid dienone is 1. The largest absolute Gasteiger partial charge is 0.372 e. The number of nitrogens with zero attached hydrogens (tertiary/aromatic N) is 2. The molecular formula is C11H19N3O. The topological polar surface area (TPSA) is 56.5 Å². The van der Waals surface area contributed by atoms with E-state index in [0.29, 0.717) is 12.5 Å². The number of aldehydes is 1. The van der Waals surface area contributed by atoms with Crippen molar-refractivity contribution in [1.82, 2.24) is 4.90 Å². The Kier molecular flexibility index (Phi) is 5.01. The highest BCUT2D eigenvalue weighted by Crippen LogP contribution is 2.30. The van der Waals surface area contributed by atoms with Crippen LogP contribution >= 0.6 is 0 Å². The lowest BCUT2D eigenvalue weighted by molar-refractivity contribution is -0.108. The van der Waals surface area contributed by atoms with Crippen LogP contribution in [0.1, 0.15) is 32.1 Å². The summed E-state index contributed by atoms with van der Waals surface area (Å²) in [5.74, 6) is 0.422. The molecule has 0 heterocycles. The molecule has 84 valence electrons. The monoisotopic (exact) mass is 209 g/mol. The molecule has 1 fully saturated rings. The van der Waals surface area contributed by atoms with Crippen molar-refractivity contribution in [3.63, 3.8) is 0 Å². The van der Waals surface area contributed by atoms with Gasteiger partial charge in [-0.1, -0.05) is 19.3 Å². The Hall–Kier alpha value is -1.19. The van der Waals surface area contributed by atoms with Crippen molar-refractivity contribution in [3.8, 4) is 0 Å². The minimum absolute atomic E-state index is 0.367. The Morgan fingerprint density at radius 3 is 2.67 bits per heavy atom. The Morgan fingerprint density at radius 1 is 1.47 bits per heavy atom. The Balaban J connectivity index is 2.59. The quantitative estimate of drug-likeness (QED) is 0.559. The maximum atomic E-state index is 10.3. The second-order valence-electron chi connectivity index (χ2n) is 4.11. The number of carbonyl (C=O) groups is 1. The van der Waals surface area contributed by atoms with Crippen molar-refractivity contribution >= 4 is 6.29 Å². The molecular weight excluding hydrogens is 190 g/mol. The van der Waals surface area contributed by atoms with Gasteiger partial charge in [-0.3, -0.25) is 0 Å². The van der Waals surface area contributed by atoms with E-state index in [1.165, 1.54) is 19.3 Å². The number of hydrogen-bond acceptors (Lipinski definition) is 4. The van der Waals surface area contributed by atoms with Gasteiger partial charge in [-0.25, -0.2) is 5.53 Å². The first-order valence-electron chi connectivity index (χ1n) is 5.51. The number of likely N-dealkylation sites (N-methyl/N-ethyl adjacent to an activating group) is 1. The summed E-state index contributed by atoms with van der Waals surface area (Å²) in [7, 11) is 1.84. The van der Waals surface area contributed by atoms with E-state index >= 15 is 0 Å². The van der Waals surface area contributed by atoms with Gasteiger partial charge in [0.1, 0.15) is 6.29 Å². The normalized spacial score (nSPS) is 18.6. The zero-order chi connectivity index (χ0) is 11.1. The highest BCUT2D eigenvalue weighted by molar-refractivity contribution is 5.52. The van der Waals surface area contributed by atoms with E-state index in [0.717, 1.165) is 24.8 Å². The molecule has 1 saturated carbocycles. The van der Waals surface area contributed by atoms with Gasteiger partial charge < -0.3 is 9.69 Å². The van der Waals surface area contributed by atoms with E-state index in [4.69, 9.17) is 5.53 Å². The van der Waals surface area contributed by atoms with Gasteiger partial charge in [0.2, 0.25) is 0 Å². The third-order valence-corrected chi connectivity index (χ3v) is 2.87. The molecule has 1 aliphatic rings. The molecule has 1 N–H and O–H groups in total. The van der Waals surface area contributed by atoms with Crippen molar-refractivity contribution in [2.45, 2.75) is 32.1 Å². The molecule has 0 spiro atoms. The second-order valence-corrected chi connectivity index (χ2v) is 4.11. The van der Waals surface area contributed by atoms with E-state index in [-0.39, 0.29) is 0 Å². The Morgan fingerprint density at radius 2 is 2.13 bits per heavy atom. The van der Waals surface area contributed by atoms with Crippen LogP contribution in [0.15, 0.2) is 17.0 Å². The number of hydrogen-bond donors (Lipinski definition) is 1. The van der Waals surface area contributed by atoms with Crippen LogP contribution in [0, 0.1) is 11.4 Å². The predicted molar refractivity (Wildman–Crippen MR) is 58.5 cm³/mol. The van der Waals surface area contributed by atoms with Crippen molar-refractivity contribution in [3.05, 3.63) is 11.9 Å². The number of nitrogens with one attached hydrogen (secondary N) is 1. The fourth-order valence-corrected chi connectivity index (χ4v) is 2.02. The summed E-state index contributed by atoms with van der Waals surface area (Å²) in [5, 5.41) is 3.59. The summed E-state index contributed by atoms with van der Waals surface area (Å²) >= 11 is 0. The van der Waals surface area contributed by atoms with E-state index < -0.39 is 0 Å². The van der Waals surface area contributed by atoms with Crippen LogP contribution in [0.25, 0.3) is 0 Å². The molecule has 0 saturated heterocycles. The van der Waals surface area contributed by atoms with Gasteiger partial charge in [0.05, 0.1) is 12.2 Å². The SMILES string of the molecule is CN(/C=C(\N=N)C1CCCCC1)CC=O. The molecule has 0 atom stereocenters. The van der Waals surface area contributed by atoms with Gasteiger partial charge in [-0.15, -0.1) is 0 Å². The lowest BCUT2D eigenvalue weighted by Gasteiger charge is -2.22. The molecule has 0 aromatic heterocycles. The fourth-order valence-electron chi connectivity index (χ4n) is 2.02. The van der Waals surface area contributed by atoms with Crippen molar-refractivity contribution < 1.29 is 4.79 Å². The summed E-state index contributed by atoms with van der Waals surface area (Å²) < 4.78 is 0. The zero-order valence-corrected chi connectivity index (χ0v) is 9.28. The molecule has 0 aromatic carbocycles. The second kappa shape index (κ2) is 6.32. The third-order valence-electron chi connectivity index (χ3n) is 2.87. The molecule has 0 radical (unpaired) electrons. The van der Waals surface area contributed by atoms with Gasteiger partial charge in [0, 0.05) is 19.2 Å². The maximum absolute atomic E-state index is 10.3. The van der Waals surface area contributed by atoms with Gasteiger partial charge in [0.15, 0.2) is 0 Å². The average Bonchev–Trinajstić information content (AvgIpc) is 2.27. The summed E-state index contributed by atoms with van der Waals surface area (Å²) in [6.07, 6.45) is 8.71. The highest BCUT2D eigenvalue weighted by atomic mass is 16.1. The molecule has 0 aliphatic heterocycles. The van der Waals surface area contributed by atoms with E-state index in [2.05, 4.69) is 5.11 Å². The summed E-state index contributed by atoms with van der Waals surface area (Å²) in [4.78, 5) is 12.1. The minimum atomic E-state index is 0.367. The smallest absolute Gasteiger partial charge is 0.139 e. The third kappa shape index (κ3) is 3.81. The summed E-state index contributed by atoms with van der Waals surface area (Å²) in [6, 6.07) is 0. The first-order valence-corrected chi connectivity index (χ1v) is 5.51. The molecule has 0 amide bonds. The lowest BCUT2D eigenvalue weighted by atomic mass is 9.87. The molecule has 1 rings (SSSR count). The molecule has 0 aromatic rings. The van der Waals surface area contributed by atoms with E-state index in [1.54, 1.807) is 4.90 Å². The predicted octanol–water partition coefficient (Wildman–Crippen LogP) is 2.57. The molecule has 0 bridgehead atoms. The van der Waals surface area contributed by atoms with Crippen LogP contribution in [0.2, 0.25) is 0 Å². The van der Waals surface area contributed by atoms with E-state index in [1.807, 2.05) is 13.2 Å². The number of carbonyl (C=O) groups excluding carboxylic acids is 1. The van der Waals surface area contributed by atoms with Crippen molar-refractivity contribution in [1.29, 1.82) is 5.53 Å². The van der Waals surface area contributed by atoms with Crippen LogP contribution < -0.4 is 0 Å². The van der Waals surface area contributed by atoms with Crippen LogP contribution in [0.5, 0.6) is 0 Å². The first kappa shape index (κ1) is 11.9. The highest BCUT2D eigenvalue weighted by Gasteiger charge is 2.17. The molecule has 0 unspecified atom stereocenters. The average molecular weight is 209 g/mol. The minimum Gasteiger partial charge on any atom is -0.372 e. The van der Waals surface area contributed by atoms with Gasteiger partial charge >= 0.3 is 0 Å². The lowest BCUT2D eigenvalue weighted by Crippen LogP contribution is -2.16. The van der Waals surface area contributed by atoms with Gasteiger partial charge in [0.25, 0.3) is 0 Å². The fraction of sp³-hybridized carbons (Fsp3) is 0.727. The van der Waals surface area contributed by atoms with Crippen molar-refractivity contribution in [2.75, 3.05) is 13.6 Å². The molecule has 15 heavy (non-hydrogen) atoms. The van der Waals surface area contributed by atoms with Crippen LogP contribution in [-0.4, -0.2) is 24.8 Å². The van der Waals surface area contributed by atoms with Crippen molar-refractivity contribution in [2.24, 2.45) is 11.0 Å².